The van der Waals surface area contributed by atoms with Gasteiger partial charge in [-0.05, 0) is 107 Å². The van der Waals surface area contributed by atoms with Gasteiger partial charge in [0.2, 0.25) is 0 Å². The lowest BCUT2D eigenvalue weighted by Crippen LogP contribution is -2.18. The van der Waals surface area contributed by atoms with E-state index < -0.39 is 0 Å². The summed E-state index contributed by atoms with van der Waals surface area (Å²) in [6.07, 6.45) is 2.28. The Bertz CT molecular complexity index is 1620. The third-order valence-electron chi connectivity index (χ3n) is 7.71. The molecule has 0 bridgehead atoms. The molecule has 0 N–H and O–H groups in total. The predicted octanol–water partition coefficient (Wildman–Crippen LogP) is 12.6. The van der Waals surface area contributed by atoms with Crippen LogP contribution in [0.1, 0.15) is 51.7 Å². The Morgan fingerprint density at radius 2 is 1.32 bits per heavy atom. The molecule has 5 rings (SSSR count). The summed E-state index contributed by atoms with van der Waals surface area (Å²) < 4.78 is 2.12. The lowest BCUT2D eigenvalue weighted by molar-refractivity contribution is 0.472. The molecule has 0 aromatic heterocycles. The number of nitrogens with zero attached hydrogens (tertiary/aromatic N) is 1. The Hall–Kier alpha value is -3.14. The Balaban J connectivity index is 1.72. The number of halogens is 2. The first-order valence-electron chi connectivity index (χ1n) is 13.8. The summed E-state index contributed by atoms with van der Waals surface area (Å²) >= 11 is 7.21. The van der Waals surface area contributed by atoms with Crippen LogP contribution in [0, 0.1) is 0 Å². The summed E-state index contributed by atoms with van der Waals surface area (Å²) in [6.45, 7) is 13.4. The van der Waals surface area contributed by atoms with Gasteiger partial charge >= 0.3 is 0 Å². The Kier molecular flexibility index (Phi) is 8.35. The van der Waals surface area contributed by atoms with Gasteiger partial charge in [-0.15, -0.1) is 0 Å². The largest absolute Gasteiger partial charge is 0.310 e. The number of fused-ring (bicyclic) bond motifs is 1. The number of hydrogen-bond acceptors (Lipinski definition) is 1. The second kappa shape index (κ2) is 11.8. The second-order valence-corrected chi connectivity index (χ2v) is 13.0. The van der Waals surface area contributed by atoms with Gasteiger partial charge in [-0.3, -0.25) is 0 Å². The van der Waals surface area contributed by atoms with Crippen LogP contribution in [0.5, 0.6) is 0 Å². The SMILES string of the molecule is C=C(C)c1ccc(-c2ccc(N(c3ccc(Br)cc3)c3ccc(Br)cc3)c3ccccc23)cc1C(C)(C)CCC. The molecule has 0 atom stereocenters. The highest BCUT2D eigenvalue weighted by Crippen LogP contribution is 2.43. The maximum atomic E-state index is 4.30. The van der Waals surface area contributed by atoms with Gasteiger partial charge in [0.1, 0.15) is 0 Å². The van der Waals surface area contributed by atoms with E-state index >= 15 is 0 Å². The summed E-state index contributed by atoms with van der Waals surface area (Å²) in [5.74, 6) is 0. The molecule has 0 saturated heterocycles. The molecule has 0 amide bonds. The molecule has 0 radical (unpaired) electrons. The molecule has 0 aliphatic carbocycles. The average molecular weight is 654 g/mol. The summed E-state index contributed by atoms with van der Waals surface area (Å²) in [6, 6.07) is 37.3. The summed E-state index contributed by atoms with van der Waals surface area (Å²) in [5.41, 5.74) is 9.67. The van der Waals surface area contributed by atoms with E-state index in [0.29, 0.717) is 0 Å². The first-order chi connectivity index (χ1) is 19.2. The minimum atomic E-state index is 0.0642. The normalized spacial score (nSPS) is 11.6. The van der Waals surface area contributed by atoms with Crippen molar-refractivity contribution in [1.82, 2.24) is 0 Å². The van der Waals surface area contributed by atoms with Crippen LogP contribution in [0.4, 0.5) is 17.1 Å². The molecular weight excluding hydrogens is 618 g/mol. The lowest BCUT2D eigenvalue weighted by atomic mass is 9.76. The van der Waals surface area contributed by atoms with Crippen LogP contribution in [0.25, 0.3) is 27.5 Å². The number of rotatable bonds is 8. The van der Waals surface area contributed by atoms with Gasteiger partial charge in [-0.25, -0.2) is 0 Å². The fourth-order valence-corrected chi connectivity index (χ4v) is 6.27. The lowest BCUT2D eigenvalue weighted by Gasteiger charge is -2.29. The molecule has 0 unspecified atom stereocenters. The molecule has 0 saturated carbocycles. The van der Waals surface area contributed by atoms with Gasteiger partial charge < -0.3 is 4.90 Å². The molecule has 40 heavy (non-hydrogen) atoms. The molecule has 0 aliphatic rings. The summed E-state index contributed by atoms with van der Waals surface area (Å²) in [7, 11) is 0. The minimum absolute atomic E-state index is 0.0642. The molecule has 5 aromatic rings. The summed E-state index contributed by atoms with van der Waals surface area (Å²) in [5, 5.41) is 2.45. The van der Waals surface area contributed by atoms with Gasteiger partial charge in [0.05, 0.1) is 5.69 Å². The van der Waals surface area contributed by atoms with E-state index in [-0.39, 0.29) is 5.41 Å². The number of anilines is 3. The van der Waals surface area contributed by atoms with Crippen LogP contribution in [-0.4, -0.2) is 0 Å². The van der Waals surface area contributed by atoms with Crippen LogP contribution in [0.2, 0.25) is 0 Å². The van der Waals surface area contributed by atoms with Crippen molar-refractivity contribution >= 4 is 65.3 Å². The van der Waals surface area contributed by atoms with E-state index in [1.54, 1.807) is 0 Å². The van der Waals surface area contributed by atoms with Crippen LogP contribution >= 0.6 is 31.9 Å². The van der Waals surface area contributed by atoms with Crippen LogP contribution in [-0.2, 0) is 5.41 Å². The third-order valence-corrected chi connectivity index (χ3v) is 8.76. The van der Waals surface area contributed by atoms with Crippen molar-refractivity contribution in [2.45, 2.75) is 46.0 Å². The number of allylic oxidation sites excluding steroid dienone is 1. The highest BCUT2D eigenvalue weighted by atomic mass is 79.9. The highest BCUT2D eigenvalue weighted by Gasteiger charge is 2.24. The van der Waals surface area contributed by atoms with Gasteiger partial charge in [-0.1, -0.05) is 114 Å². The van der Waals surface area contributed by atoms with Crippen molar-refractivity contribution in [2.75, 3.05) is 4.90 Å². The predicted molar refractivity (Wildman–Crippen MR) is 182 cm³/mol. The standard InChI is InChI=1S/C37H35Br2N/c1-6-23-37(4,5)35-24-26(11-20-31(35)25(2)3)32-21-22-36(34-10-8-7-9-33(32)34)40(29-16-12-27(38)13-17-29)30-18-14-28(39)15-19-30/h7-22,24H,2,6,23H2,1,3-5H3. The zero-order valence-corrected chi connectivity index (χ0v) is 26.8. The van der Waals surface area contributed by atoms with Crippen molar-refractivity contribution < 1.29 is 0 Å². The average Bonchev–Trinajstić information content (AvgIpc) is 2.95. The van der Waals surface area contributed by atoms with Gasteiger partial charge in [0.15, 0.2) is 0 Å². The van der Waals surface area contributed by atoms with Gasteiger partial charge in [0, 0.05) is 25.7 Å². The molecule has 0 fully saturated rings. The van der Waals surface area contributed by atoms with E-state index in [1.165, 1.54) is 33.0 Å². The molecular formula is C37H35Br2N. The molecule has 3 heteroatoms. The fraction of sp³-hybridized carbons (Fsp3) is 0.189. The monoisotopic (exact) mass is 651 g/mol. The second-order valence-electron chi connectivity index (χ2n) is 11.1. The van der Waals surface area contributed by atoms with Gasteiger partial charge in [-0.2, -0.15) is 0 Å². The zero-order valence-electron chi connectivity index (χ0n) is 23.6. The first kappa shape index (κ1) is 28.4. The topological polar surface area (TPSA) is 3.24 Å². The van der Waals surface area contributed by atoms with E-state index in [0.717, 1.165) is 44.4 Å². The van der Waals surface area contributed by atoms with Crippen LogP contribution in [0.3, 0.4) is 0 Å². The van der Waals surface area contributed by atoms with Gasteiger partial charge in [0.25, 0.3) is 0 Å². The fourth-order valence-electron chi connectivity index (χ4n) is 5.74. The molecule has 5 aromatic carbocycles. The van der Waals surface area contributed by atoms with Crippen molar-refractivity contribution in [1.29, 1.82) is 0 Å². The molecule has 0 spiro atoms. The van der Waals surface area contributed by atoms with Crippen molar-refractivity contribution in [2.24, 2.45) is 0 Å². The maximum Gasteiger partial charge on any atom is 0.0540 e. The third kappa shape index (κ3) is 5.68. The highest BCUT2D eigenvalue weighted by molar-refractivity contribution is 9.10. The Labute approximate surface area is 255 Å². The quantitative estimate of drug-likeness (QED) is 0.161. The van der Waals surface area contributed by atoms with E-state index in [1.807, 2.05) is 0 Å². The van der Waals surface area contributed by atoms with Crippen molar-refractivity contribution in [3.8, 4) is 11.1 Å². The number of benzene rings is 5. The van der Waals surface area contributed by atoms with Crippen molar-refractivity contribution in [3.05, 3.63) is 130 Å². The van der Waals surface area contributed by atoms with E-state index in [2.05, 4.69) is 174 Å². The first-order valence-corrected chi connectivity index (χ1v) is 15.4. The molecule has 0 heterocycles. The molecule has 0 aliphatic heterocycles. The Morgan fingerprint density at radius 1 is 0.750 bits per heavy atom. The number of hydrogen-bond donors (Lipinski definition) is 0. The zero-order chi connectivity index (χ0) is 28.4. The Morgan fingerprint density at radius 3 is 1.88 bits per heavy atom. The summed E-state index contributed by atoms with van der Waals surface area (Å²) in [4.78, 5) is 2.34. The molecule has 202 valence electrons. The maximum absolute atomic E-state index is 4.30. The van der Waals surface area contributed by atoms with E-state index in [9.17, 15) is 0 Å². The molecule has 1 nitrogen and oxygen atoms in total. The smallest absolute Gasteiger partial charge is 0.0540 e. The van der Waals surface area contributed by atoms with E-state index in [4.69, 9.17) is 0 Å². The van der Waals surface area contributed by atoms with Crippen LogP contribution < -0.4 is 4.90 Å². The van der Waals surface area contributed by atoms with Crippen molar-refractivity contribution in [3.63, 3.8) is 0 Å². The van der Waals surface area contributed by atoms with Crippen LogP contribution in [0.15, 0.2) is 119 Å². The minimum Gasteiger partial charge on any atom is -0.310 e.